The van der Waals surface area contributed by atoms with Gasteiger partial charge in [-0.15, -0.1) is 0 Å². The summed E-state index contributed by atoms with van der Waals surface area (Å²) in [5.41, 5.74) is 1.78. The van der Waals surface area contributed by atoms with E-state index >= 15 is 0 Å². The molecule has 10 heteroatoms. The molecule has 202 valence electrons. The van der Waals surface area contributed by atoms with Crippen molar-refractivity contribution in [2.75, 3.05) is 37.0 Å². The number of hydrogen-bond donors (Lipinski definition) is 4. The van der Waals surface area contributed by atoms with Gasteiger partial charge in [-0.25, -0.2) is 4.98 Å². The van der Waals surface area contributed by atoms with E-state index in [9.17, 15) is 0 Å². The number of hydrogen-bond acceptors (Lipinski definition) is 9. The number of anilines is 3. The van der Waals surface area contributed by atoms with Gasteiger partial charge in [-0.1, -0.05) is 13.3 Å². The Hall–Kier alpha value is -3.42. The van der Waals surface area contributed by atoms with Gasteiger partial charge in [0.05, 0.1) is 31.4 Å². The Morgan fingerprint density at radius 1 is 1.13 bits per heavy atom. The van der Waals surface area contributed by atoms with E-state index in [0.717, 1.165) is 67.8 Å². The van der Waals surface area contributed by atoms with Crippen molar-refractivity contribution in [2.24, 2.45) is 11.8 Å². The smallest absolute Gasteiger partial charge is 0.225 e. The molecular formula is C28H38N8O2. The minimum atomic E-state index is 0.234. The molecule has 38 heavy (non-hydrogen) atoms. The van der Waals surface area contributed by atoms with Gasteiger partial charge in [0.2, 0.25) is 5.95 Å². The van der Waals surface area contributed by atoms with Crippen LogP contribution in [0.25, 0.3) is 10.9 Å². The molecule has 0 spiro atoms. The molecule has 2 fully saturated rings. The number of nitrogens with one attached hydrogen (secondary N) is 4. The minimum absolute atomic E-state index is 0.234. The third-order valence-corrected chi connectivity index (χ3v) is 7.50. The molecule has 1 saturated carbocycles. The molecular weight excluding hydrogens is 480 g/mol. The minimum Gasteiger partial charge on any atom is -0.493 e. The molecule has 3 atom stereocenters. The largest absolute Gasteiger partial charge is 0.493 e. The van der Waals surface area contributed by atoms with Gasteiger partial charge >= 0.3 is 0 Å². The molecule has 3 unspecified atom stereocenters. The van der Waals surface area contributed by atoms with E-state index in [1.54, 1.807) is 0 Å². The lowest BCUT2D eigenvalue weighted by molar-refractivity contribution is -0.0508. The summed E-state index contributed by atoms with van der Waals surface area (Å²) in [6.45, 7) is 7.12. The molecule has 10 nitrogen and oxygen atoms in total. The van der Waals surface area contributed by atoms with Crippen LogP contribution in [0.3, 0.4) is 0 Å². The SMILES string of the molecule is CCC1CCC(NCCC#N)CC(Nc2nc(Nc3cc(C)[nH]n3)c3ccc(OCC4COC4)cc3n2)C1. The first kappa shape index (κ1) is 26.2. The fourth-order valence-electron chi connectivity index (χ4n) is 5.26. The van der Waals surface area contributed by atoms with Gasteiger partial charge < -0.3 is 25.4 Å². The third-order valence-electron chi connectivity index (χ3n) is 7.50. The number of fused-ring (bicyclic) bond motifs is 1. The van der Waals surface area contributed by atoms with Gasteiger partial charge in [-0.2, -0.15) is 15.3 Å². The number of aromatic amines is 1. The van der Waals surface area contributed by atoms with E-state index in [2.05, 4.69) is 39.1 Å². The van der Waals surface area contributed by atoms with Crippen molar-refractivity contribution in [1.82, 2.24) is 25.5 Å². The Morgan fingerprint density at radius 2 is 2.03 bits per heavy atom. The Balaban J connectivity index is 1.40. The van der Waals surface area contributed by atoms with Crippen LogP contribution in [-0.4, -0.2) is 58.6 Å². The van der Waals surface area contributed by atoms with E-state index in [0.29, 0.717) is 48.5 Å². The average molecular weight is 519 g/mol. The van der Waals surface area contributed by atoms with Crippen LogP contribution in [0.2, 0.25) is 0 Å². The molecule has 3 aromatic rings. The molecule has 4 N–H and O–H groups in total. The lowest BCUT2D eigenvalue weighted by Gasteiger charge is -2.25. The van der Waals surface area contributed by atoms with Gasteiger partial charge in [0.25, 0.3) is 0 Å². The van der Waals surface area contributed by atoms with E-state index in [1.165, 1.54) is 6.42 Å². The maximum Gasteiger partial charge on any atom is 0.225 e. The normalized spacial score (nSPS) is 21.9. The maximum absolute atomic E-state index is 8.95. The number of aryl methyl sites for hydroxylation is 1. The summed E-state index contributed by atoms with van der Waals surface area (Å²) in [4.78, 5) is 9.82. The highest BCUT2D eigenvalue weighted by atomic mass is 16.5. The average Bonchev–Trinajstić information content (AvgIpc) is 3.18. The summed E-state index contributed by atoms with van der Waals surface area (Å²) < 4.78 is 11.3. The zero-order valence-electron chi connectivity index (χ0n) is 22.3. The van der Waals surface area contributed by atoms with Crippen molar-refractivity contribution >= 4 is 28.5 Å². The summed E-state index contributed by atoms with van der Waals surface area (Å²) in [5, 5.41) is 27.8. The van der Waals surface area contributed by atoms with E-state index in [4.69, 9.17) is 24.7 Å². The standard InChI is InChI=1S/C28H38N8O2/c1-3-19-5-6-21(30-10-4-9-29)13-22(12-19)31-28-32-25-14-23(38-17-20-15-37-16-20)7-8-24(25)27(34-28)33-26-11-18(2)35-36-26/h7-8,11,14,19-22,30H,3-6,10,12-13,15-17H2,1-2H3,(H3,31,32,33,34,35,36). The lowest BCUT2D eigenvalue weighted by atomic mass is 9.96. The fourth-order valence-corrected chi connectivity index (χ4v) is 5.26. The van der Waals surface area contributed by atoms with Gasteiger partial charge in [-0.3, -0.25) is 5.10 Å². The van der Waals surface area contributed by atoms with Crippen LogP contribution < -0.4 is 20.7 Å². The first-order valence-electron chi connectivity index (χ1n) is 13.8. The molecule has 1 aromatic carbocycles. The van der Waals surface area contributed by atoms with Crippen molar-refractivity contribution in [3.05, 3.63) is 30.0 Å². The van der Waals surface area contributed by atoms with E-state index in [-0.39, 0.29) is 6.04 Å². The molecule has 2 aromatic heterocycles. The summed E-state index contributed by atoms with van der Waals surface area (Å²) in [5.74, 6) is 3.89. The highest BCUT2D eigenvalue weighted by Crippen LogP contribution is 2.31. The zero-order chi connectivity index (χ0) is 26.3. The third kappa shape index (κ3) is 6.71. The van der Waals surface area contributed by atoms with Crippen LogP contribution in [0.15, 0.2) is 24.3 Å². The van der Waals surface area contributed by atoms with Crippen LogP contribution >= 0.6 is 0 Å². The Bertz CT molecular complexity index is 1250. The topological polar surface area (TPSA) is 133 Å². The number of benzene rings is 1. The van der Waals surface area contributed by atoms with Crippen molar-refractivity contribution in [3.63, 3.8) is 0 Å². The van der Waals surface area contributed by atoms with E-state index < -0.39 is 0 Å². The predicted molar refractivity (Wildman–Crippen MR) is 148 cm³/mol. The molecule has 1 aliphatic heterocycles. The second-order valence-corrected chi connectivity index (χ2v) is 10.6. The van der Waals surface area contributed by atoms with Crippen molar-refractivity contribution in [2.45, 2.75) is 64.5 Å². The van der Waals surface area contributed by atoms with Crippen LogP contribution in [-0.2, 0) is 4.74 Å². The summed E-state index contributed by atoms with van der Waals surface area (Å²) in [7, 11) is 0. The van der Waals surface area contributed by atoms with Crippen molar-refractivity contribution in [3.8, 4) is 11.8 Å². The van der Waals surface area contributed by atoms with Crippen LogP contribution in [0.5, 0.6) is 5.75 Å². The number of nitriles is 1. The highest BCUT2D eigenvalue weighted by molar-refractivity contribution is 5.92. The quantitative estimate of drug-likeness (QED) is 0.211. The molecule has 1 aliphatic carbocycles. The summed E-state index contributed by atoms with van der Waals surface area (Å²) >= 11 is 0. The molecule has 0 amide bonds. The molecule has 5 rings (SSSR count). The maximum atomic E-state index is 8.95. The number of H-pyrrole nitrogens is 1. The molecule has 0 radical (unpaired) electrons. The molecule has 1 saturated heterocycles. The number of rotatable bonds is 11. The highest BCUT2D eigenvalue weighted by Gasteiger charge is 2.26. The number of aromatic nitrogens is 4. The predicted octanol–water partition coefficient (Wildman–Crippen LogP) is 4.68. The summed E-state index contributed by atoms with van der Waals surface area (Å²) in [6.07, 6.45) is 6.03. The van der Waals surface area contributed by atoms with Crippen LogP contribution in [0, 0.1) is 30.1 Å². The number of nitrogens with zero attached hydrogens (tertiary/aromatic N) is 4. The van der Waals surface area contributed by atoms with Gasteiger partial charge in [-0.05, 0) is 50.7 Å². The first-order valence-corrected chi connectivity index (χ1v) is 13.8. The number of ether oxygens (including phenoxy) is 2. The Labute approximate surface area is 223 Å². The molecule has 2 aliphatic rings. The van der Waals surface area contributed by atoms with Gasteiger partial charge in [0, 0.05) is 54.2 Å². The summed E-state index contributed by atoms with van der Waals surface area (Å²) in [6, 6.07) is 10.7. The lowest BCUT2D eigenvalue weighted by Crippen LogP contribution is -2.34. The second-order valence-electron chi connectivity index (χ2n) is 10.6. The Morgan fingerprint density at radius 3 is 2.76 bits per heavy atom. The van der Waals surface area contributed by atoms with Crippen molar-refractivity contribution < 1.29 is 9.47 Å². The molecule has 0 bridgehead atoms. The van der Waals surface area contributed by atoms with Crippen LogP contribution in [0.4, 0.5) is 17.6 Å². The molecule has 3 heterocycles. The Kier molecular flexibility index (Phi) is 8.56. The van der Waals surface area contributed by atoms with Crippen LogP contribution in [0.1, 0.15) is 51.1 Å². The second kappa shape index (κ2) is 12.4. The fraction of sp³-hybridized carbons (Fsp3) is 0.571. The zero-order valence-corrected chi connectivity index (χ0v) is 22.3. The van der Waals surface area contributed by atoms with Crippen molar-refractivity contribution in [1.29, 1.82) is 5.26 Å². The van der Waals surface area contributed by atoms with E-state index in [1.807, 2.05) is 31.2 Å². The van der Waals surface area contributed by atoms with Gasteiger partial charge in [0.15, 0.2) is 5.82 Å². The first-order chi connectivity index (χ1) is 18.6. The monoisotopic (exact) mass is 518 g/mol. The van der Waals surface area contributed by atoms with Gasteiger partial charge in [0.1, 0.15) is 11.6 Å².